The molecule has 0 saturated carbocycles. The minimum Gasteiger partial charge on any atom is -0.0651 e. The van der Waals surface area contributed by atoms with E-state index in [2.05, 4.69) is 34.1 Å². The van der Waals surface area contributed by atoms with Crippen molar-refractivity contribution in [3.05, 3.63) is 6.42 Å². The Morgan fingerprint density at radius 1 is 1.22 bits per heavy atom. The van der Waals surface area contributed by atoms with Crippen molar-refractivity contribution in [3.8, 4) is 0 Å². The molecule has 0 fully saturated rings. The van der Waals surface area contributed by atoms with Gasteiger partial charge < -0.3 is 0 Å². The van der Waals surface area contributed by atoms with E-state index in [1.54, 1.807) is 0 Å². The highest BCUT2D eigenvalue weighted by Gasteiger charge is 1.99. The molecule has 0 aromatic rings. The Morgan fingerprint density at radius 2 is 1.78 bits per heavy atom. The van der Waals surface area contributed by atoms with Gasteiger partial charge in [0, 0.05) is 0 Å². The van der Waals surface area contributed by atoms with E-state index in [9.17, 15) is 0 Å². The van der Waals surface area contributed by atoms with Crippen LogP contribution >= 0.6 is 0 Å². The molecular formula is C9H19. The van der Waals surface area contributed by atoms with Crippen molar-refractivity contribution in [2.24, 2.45) is 11.8 Å². The summed E-state index contributed by atoms with van der Waals surface area (Å²) in [7, 11) is 0. The number of rotatable bonds is 4. The SMILES string of the molecule is CCC(C)[CH]CC(C)C. The van der Waals surface area contributed by atoms with Crippen LogP contribution in [-0.4, -0.2) is 0 Å². The Kier molecular flexibility index (Phi) is 4.84. The summed E-state index contributed by atoms with van der Waals surface area (Å²) in [6.45, 7) is 9.04. The van der Waals surface area contributed by atoms with Gasteiger partial charge in [-0.25, -0.2) is 0 Å². The van der Waals surface area contributed by atoms with Gasteiger partial charge in [-0.1, -0.05) is 34.1 Å². The third-order valence-electron chi connectivity index (χ3n) is 1.65. The van der Waals surface area contributed by atoms with Crippen molar-refractivity contribution in [1.82, 2.24) is 0 Å². The Balaban J connectivity index is 3.06. The van der Waals surface area contributed by atoms with E-state index in [1.807, 2.05) is 0 Å². The lowest BCUT2D eigenvalue weighted by molar-refractivity contribution is 0.546. The van der Waals surface area contributed by atoms with Gasteiger partial charge in [-0.3, -0.25) is 0 Å². The fourth-order valence-corrected chi connectivity index (χ4v) is 0.671. The van der Waals surface area contributed by atoms with Crippen LogP contribution in [0.3, 0.4) is 0 Å². The van der Waals surface area contributed by atoms with Gasteiger partial charge >= 0.3 is 0 Å². The van der Waals surface area contributed by atoms with Crippen molar-refractivity contribution in [1.29, 1.82) is 0 Å². The highest BCUT2D eigenvalue weighted by atomic mass is 14.1. The van der Waals surface area contributed by atoms with E-state index in [0.717, 1.165) is 11.8 Å². The zero-order valence-electron chi connectivity index (χ0n) is 7.15. The first-order valence-corrected chi connectivity index (χ1v) is 4.00. The first-order chi connectivity index (χ1) is 4.16. The lowest BCUT2D eigenvalue weighted by Crippen LogP contribution is -1.96. The van der Waals surface area contributed by atoms with Crippen molar-refractivity contribution in [2.75, 3.05) is 0 Å². The largest absolute Gasteiger partial charge is 0.0651 e. The van der Waals surface area contributed by atoms with E-state index in [-0.39, 0.29) is 0 Å². The molecule has 0 spiro atoms. The summed E-state index contributed by atoms with van der Waals surface area (Å²) in [4.78, 5) is 0. The predicted molar refractivity (Wildman–Crippen MR) is 43.2 cm³/mol. The molecular weight excluding hydrogens is 108 g/mol. The Morgan fingerprint density at radius 3 is 2.11 bits per heavy atom. The summed E-state index contributed by atoms with van der Waals surface area (Å²) in [6.07, 6.45) is 4.98. The van der Waals surface area contributed by atoms with Crippen LogP contribution in [0, 0.1) is 18.3 Å². The van der Waals surface area contributed by atoms with Crippen LogP contribution in [0.1, 0.15) is 40.5 Å². The second-order valence-corrected chi connectivity index (χ2v) is 3.25. The zero-order valence-corrected chi connectivity index (χ0v) is 7.15. The molecule has 0 saturated heterocycles. The lowest BCUT2D eigenvalue weighted by atomic mass is 9.98. The van der Waals surface area contributed by atoms with Crippen LogP contribution in [0.4, 0.5) is 0 Å². The molecule has 0 rings (SSSR count). The third kappa shape index (κ3) is 5.88. The molecule has 0 aromatic carbocycles. The van der Waals surface area contributed by atoms with Gasteiger partial charge in [-0.15, -0.1) is 0 Å². The van der Waals surface area contributed by atoms with Crippen LogP contribution in [0.15, 0.2) is 0 Å². The van der Waals surface area contributed by atoms with Gasteiger partial charge in [0.05, 0.1) is 0 Å². The van der Waals surface area contributed by atoms with Crippen LogP contribution in [0.2, 0.25) is 0 Å². The Labute approximate surface area is 59.7 Å². The minimum absolute atomic E-state index is 0.812. The van der Waals surface area contributed by atoms with Crippen molar-refractivity contribution in [2.45, 2.75) is 40.5 Å². The molecule has 0 aliphatic carbocycles. The lowest BCUT2D eigenvalue weighted by Gasteiger charge is -2.08. The number of hydrogen-bond acceptors (Lipinski definition) is 0. The normalized spacial score (nSPS) is 14.3. The quantitative estimate of drug-likeness (QED) is 0.543. The van der Waals surface area contributed by atoms with Crippen molar-refractivity contribution < 1.29 is 0 Å². The first-order valence-electron chi connectivity index (χ1n) is 4.00. The summed E-state index contributed by atoms with van der Waals surface area (Å²) >= 11 is 0. The van der Waals surface area contributed by atoms with Crippen molar-refractivity contribution >= 4 is 0 Å². The van der Waals surface area contributed by atoms with Gasteiger partial charge in [0.1, 0.15) is 0 Å². The Hall–Kier alpha value is 0. The maximum atomic E-state index is 2.42. The molecule has 1 unspecified atom stereocenters. The second-order valence-electron chi connectivity index (χ2n) is 3.25. The second kappa shape index (κ2) is 4.84. The van der Waals surface area contributed by atoms with Gasteiger partial charge in [-0.05, 0) is 24.7 Å². The molecule has 0 aliphatic heterocycles. The fourth-order valence-electron chi connectivity index (χ4n) is 0.671. The van der Waals surface area contributed by atoms with E-state index in [4.69, 9.17) is 0 Å². The van der Waals surface area contributed by atoms with Crippen molar-refractivity contribution in [3.63, 3.8) is 0 Å². The number of hydrogen-bond donors (Lipinski definition) is 0. The summed E-state index contributed by atoms with van der Waals surface area (Å²) in [5, 5.41) is 0. The van der Waals surface area contributed by atoms with E-state index in [1.165, 1.54) is 12.8 Å². The molecule has 55 valence electrons. The molecule has 0 heterocycles. The van der Waals surface area contributed by atoms with Crippen LogP contribution < -0.4 is 0 Å². The maximum Gasteiger partial charge on any atom is -0.0355 e. The third-order valence-corrected chi connectivity index (χ3v) is 1.65. The molecule has 0 amide bonds. The van der Waals surface area contributed by atoms with E-state index >= 15 is 0 Å². The molecule has 0 aromatic heterocycles. The van der Waals surface area contributed by atoms with Gasteiger partial charge in [0.2, 0.25) is 0 Å². The molecule has 0 N–H and O–H groups in total. The summed E-state index contributed by atoms with van der Waals surface area (Å²) < 4.78 is 0. The van der Waals surface area contributed by atoms with E-state index < -0.39 is 0 Å². The first kappa shape index (κ1) is 9.00. The molecule has 0 nitrogen and oxygen atoms in total. The standard InChI is InChI=1S/C9H19/c1-5-9(4)7-6-8(2)3/h7-9H,5-6H2,1-4H3. The minimum atomic E-state index is 0.812. The molecule has 0 aliphatic rings. The average molecular weight is 127 g/mol. The summed E-state index contributed by atoms with van der Waals surface area (Å²) in [6, 6.07) is 0. The monoisotopic (exact) mass is 127 g/mol. The van der Waals surface area contributed by atoms with E-state index in [0.29, 0.717) is 0 Å². The smallest absolute Gasteiger partial charge is 0.0355 e. The van der Waals surface area contributed by atoms with Gasteiger partial charge in [-0.2, -0.15) is 0 Å². The average Bonchev–Trinajstić information content (AvgIpc) is 1.83. The highest BCUT2D eigenvalue weighted by molar-refractivity contribution is 4.72. The Bertz CT molecular complexity index is 55.1. The maximum absolute atomic E-state index is 2.42. The predicted octanol–water partition coefficient (Wildman–Crippen LogP) is 3.28. The topological polar surface area (TPSA) is 0 Å². The van der Waals surface area contributed by atoms with Gasteiger partial charge in [0.25, 0.3) is 0 Å². The fraction of sp³-hybridized carbons (Fsp3) is 0.889. The summed E-state index contributed by atoms with van der Waals surface area (Å²) in [5.74, 6) is 1.64. The van der Waals surface area contributed by atoms with Gasteiger partial charge in [0.15, 0.2) is 0 Å². The van der Waals surface area contributed by atoms with Crippen LogP contribution in [-0.2, 0) is 0 Å². The highest BCUT2D eigenvalue weighted by Crippen LogP contribution is 2.12. The zero-order chi connectivity index (χ0) is 7.28. The molecule has 1 radical (unpaired) electrons. The molecule has 0 heteroatoms. The molecule has 9 heavy (non-hydrogen) atoms. The molecule has 0 bridgehead atoms. The van der Waals surface area contributed by atoms with Crippen LogP contribution in [0.25, 0.3) is 0 Å². The summed E-state index contributed by atoms with van der Waals surface area (Å²) in [5.41, 5.74) is 0. The molecule has 1 atom stereocenters. The van der Waals surface area contributed by atoms with Crippen LogP contribution in [0.5, 0.6) is 0 Å².